The van der Waals surface area contributed by atoms with Crippen molar-refractivity contribution in [2.24, 2.45) is 5.92 Å². The number of carbonyl (C=O) groups is 1. The fourth-order valence-corrected chi connectivity index (χ4v) is 3.66. The molecule has 1 aliphatic heterocycles. The zero-order valence-electron chi connectivity index (χ0n) is 12.9. The summed E-state index contributed by atoms with van der Waals surface area (Å²) in [6.07, 6.45) is 8.50. The number of aromatic nitrogens is 2. The molecule has 6 heteroatoms. The second-order valence-electron chi connectivity index (χ2n) is 6.28. The lowest BCUT2D eigenvalue weighted by atomic mass is 10.1. The Morgan fingerprint density at radius 1 is 1.36 bits per heavy atom. The molecule has 116 valence electrons. The first-order valence-corrected chi connectivity index (χ1v) is 7.90. The summed E-state index contributed by atoms with van der Waals surface area (Å²) in [6, 6.07) is 2.52. The minimum atomic E-state index is 0.282. The number of likely N-dealkylation sites (tertiary alicyclic amines) is 1. The predicted octanol–water partition coefficient (Wildman–Crippen LogP) is 1.58. The van der Waals surface area contributed by atoms with Gasteiger partial charge in [0.15, 0.2) is 11.5 Å². The monoisotopic (exact) mass is 299 g/mol. The first-order valence-electron chi connectivity index (χ1n) is 7.90. The van der Waals surface area contributed by atoms with Gasteiger partial charge in [-0.25, -0.2) is 9.97 Å². The van der Waals surface area contributed by atoms with Gasteiger partial charge in [-0.1, -0.05) is 12.8 Å². The lowest BCUT2D eigenvalue weighted by Gasteiger charge is -2.25. The van der Waals surface area contributed by atoms with Gasteiger partial charge in [-0.15, -0.1) is 0 Å². The van der Waals surface area contributed by atoms with Crippen molar-refractivity contribution in [1.29, 1.82) is 5.26 Å². The van der Waals surface area contributed by atoms with Crippen molar-refractivity contribution < 1.29 is 4.79 Å². The van der Waals surface area contributed by atoms with Crippen LogP contribution in [0.25, 0.3) is 0 Å². The number of hydrogen-bond donors (Lipinski definition) is 0. The Kier molecular flexibility index (Phi) is 4.23. The molecule has 0 bridgehead atoms. The second-order valence-corrected chi connectivity index (χ2v) is 6.28. The third-order valence-electron chi connectivity index (χ3n) is 4.68. The van der Waals surface area contributed by atoms with Crippen molar-refractivity contribution in [3.8, 4) is 6.07 Å². The molecule has 2 heterocycles. The van der Waals surface area contributed by atoms with Crippen LogP contribution in [0.1, 0.15) is 37.8 Å². The van der Waals surface area contributed by atoms with Crippen LogP contribution >= 0.6 is 0 Å². The van der Waals surface area contributed by atoms with E-state index in [1.54, 1.807) is 6.20 Å². The van der Waals surface area contributed by atoms with E-state index in [4.69, 9.17) is 5.26 Å². The van der Waals surface area contributed by atoms with Crippen LogP contribution in [0.4, 0.5) is 5.82 Å². The van der Waals surface area contributed by atoms with E-state index >= 15 is 0 Å². The lowest BCUT2D eigenvalue weighted by Crippen LogP contribution is -2.35. The fourth-order valence-electron chi connectivity index (χ4n) is 3.66. The first kappa shape index (κ1) is 14.8. The van der Waals surface area contributed by atoms with Gasteiger partial charge in [-0.3, -0.25) is 4.79 Å². The summed E-state index contributed by atoms with van der Waals surface area (Å²) in [7, 11) is 1.91. The van der Waals surface area contributed by atoms with Crippen LogP contribution in [0, 0.1) is 17.2 Å². The van der Waals surface area contributed by atoms with Gasteiger partial charge in [0, 0.05) is 50.9 Å². The van der Waals surface area contributed by atoms with Crippen molar-refractivity contribution in [2.75, 3.05) is 25.0 Å². The highest BCUT2D eigenvalue weighted by molar-refractivity contribution is 5.79. The van der Waals surface area contributed by atoms with Crippen LogP contribution in [-0.2, 0) is 4.79 Å². The minimum Gasteiger partial charge on any atom is -0.357 e. The normalized spacial score (nSPS) is 22.1. The molecule has 22 heavy (non-hydrogen) atoms. The molecule has 0 unspecified atom stereocenters. The van der Waals surface area contributed by atoms with E-state index in [0.717, 1.165) is 25.9 Å². The van der Waals surface area contributed by atoms with Gasteiger partial charge in [0.1, 0.15) is 6.07 Å². The highest BCUT2D eigenvalue weighted by Gasteiger charge is 2.36. The maximum Gasteiger partial charge on any atom is 0.223 e. The molecule has 1 saturated heterocycles. The van der Waals surface area contributed by atoms with Gasteiger partial charge in [0.2, 0.25) is 5.91 Å². The van der Waals surface area contributed by atoms with Crippen LogP contribution in [0.2, 0.25) is 0 Å². The van der Waals surface area contributed by atoms with Crippen LogP contribution in [-0.4, -0.2) is 47.0 Å². The number of nitriles is 1. The van der Waals surface area contributed by atoms with Crippen LogP contribution in [0.3, 0.4) is 0 Å². The SMILES string of the molecule is CN(C[C@H]1CC(=O)N(C2CCCC2)C1)c1nccnc1C#N. The zero-order chi connectivity index (χ0) is 15.5. The fraction of sp³-hybridized carbons (Fsp3) is 0.625. The quantitative estimate of drug-likeness (QED) is 0.844. The van der Waals surface area contributed by atoms with E-state index in [1.165, 1.54) is 19.0 Å². The molecular weight excluding hydrogens is 278 g/mol. The maximum atomic E-state index is 12.2. The largest absolute Gasteiger partial charge is 0.357 e. The van der Waals surface area contributed by atoms with E-state index in [9.17, 15) is 4.79 Å². The molecule has 1 amide bonds. The summed E-state index contributed by atoms with van der Waals surface area (Å²) in [5.74, 6) is 1.17. The van der Waals surface area contributed by atoms with E-state index in [1.807, 2.05) is 11.9 Å². The Morgan fingerprint density at radius 3 is 2.82 bits per heavy atom. The van der Waals surface area contributed by atoms with E-state index < -0.39 is 0 Å². The second kappa shape index (κ2) is 6.30. The Hall–Kier alpha value is -2.16. The standard InChI is InChI=1S/C16H21N5O/c1-20(16-14(9-17)18-6-7-19-16)10-12-8-15(22)21(11-12)13-4-2-3-5-13/h6-7,12-13H,2-5,8,10-11H2,1H3/t12-/m1/s1. The maximum absolute atomic E-state index is 12.2. The average Bonchev–Trinajstić information content (AvgIpc) is 3.16. The van der Waals surface area contributed by atoms with E-state index in [-0.39, 0.29) is 5.91 Å². The predicted molar refractivity (Wildman–Crippen MR) is 82.1 cm³/mol. The lowest BCUT2D eigenvalue weighted by molar-refractivity contribution is -0.129. The van der Waals surface area contributed by atoms with Crippen molar-refractivity contribution in [1.82, 2.24) is 14.9 Å². The summed E-state index contributed by atoms with van der Waals surface area (Å²) in [6.45, 7) is 1.55. The molecule has 2 fully saturated rings. The number of nitrogens with zero attached hydrogens (tertiary/aromatic N) is 5. The molecule has 1 atom stereocenters. The van der Waals surface area contributed by atoms with Gasteiger partial charge in [0.25, 0.3) is 0 Å². The molecule has 0 spiro atoms. The Morgan fingerprint density at radius 2 is 2.09 bits per heavy atom. The molecule has 2 aliphatic rings. The molecule has 3 rings (SSSR count). The smallest absolute Gasteiger partial charge is 0.223 e. The first-order chi connectivity index (χ1) is 10.7. The summed E-state index contributed by atoms with van der Waals surface area (Å²) < 4.78 is 0. The van der Waals surface area contributed by atoms with Gasteiger partial charge in [-0.2, -0.15) is 5.26 Å². The molecule has 1 saturated carbocycles. The van der Waals surface area contributed by atoms with Crippen molar-refractivity contribution in [3.63, 3.8) is 0 Å². The molecule has 0 aromatic carbocycles. The van der Waals surface area contributed by atoms with Crippen molar-refractivity contribution in [3.05, 3.63) is 18.1 Å². The zero-order valence-corrected chi connectivity index (χ0v) is 12.9. The van der Waals surface area contributed by atoms with Crippen LogP contribution in [0.5, 0.6) is 0 Å². The van der Waals surface area contributed by atoms with Gasteiger partial charge < -0.3 is 9.80 Å². The molecule has 0 N–H and O–H groups in total. The van der Waals surface area contributed by atoms with Gasteiger partial charge in [0.05, 0.1) is 0 Å². The van der Waals surface area contributed by atoms with Crippen molar-refractivity contribution >= 4 is 11.7 Å². The topological polar surface area (TPSA) is 73.1 Å². The van der Waals surface area contributed by atoms with Crippen LogP contribution in [0.15, 0.2) is 12.4 Å². The number of anilines is 1. The highest BCUT2D eigenvalue weighted by Crippen LogP contribution is 2.30. The number of amides is 1. The third kappa shape index (κ3) is 2.89. The molecule has 1 aromatic heterocycles. The van der Waals surface area contributed by atoms with Crippen molar-refractivity contribution in [2.45, 2.75) is 38.1 Å². The summed E-state index contributed by atoms with van der Waals surface area (Å²) >= 11 is 0. The summed E-state index contributed by atoms with van der Waals surface area (Å²) in [5, 5.41) is 9.11. The van der Waals surface area contributed by atoms with Crippen LogP contribution < -0.4 is 4.90 Å². The number of rotatable bonds is 4. The highest BCUT2D eigenvalue weighted by atomic mass is 16.2. The summed E-state index contributed by atoms with van der Waals surface area (Å²) in [5.41, 5.74) is 0.335. The van der Waals surface area contributed by atoms with Gasteiger partial charge >= 0.3 is 0 Å². The van der Waals surface area contributed by atoms with E-state index in [2.05, 4.69) is 20.9 Å². The summed E-state index contributed by atoms with van der Waals surface area (Å²) in [4.78, 5) is 24.6. The molecule has 1 aromatic rings. The van der Waals surface area contributed by atoms with E-state index in [0.29, 0.717) is 29.9 Å². The molecule has 1 aliphatic carbocycles. The Bertz CT molecular complexity index is 590. The molecule has 6 nitrogen and oxygen atoms in total. The third-order valence-corrected chi connectivity index (χ3v) is 4.68. The Balaban J connectivity index is 1.64. The number of hydrogen-bond acceptors (Lipinski definition) is 5. The Labute approximate surface area is 130 Å². The average molecular weight is 299 g/mol. The minimum absolute atomic E-state index is 0.282. The molecule has 0 radical (unpaired) electrons. The molecular formula is C16H21N5O. The van der Waals surface area contributed by atoms with Gasteiger partial charge in [-0.05, 0) is 12.8 Å². The number of carbonyl (C=O) groups excluding carboxylic acids is 1.